The summed E-state index contributed by atoms with van der Waals surface area (Å²) < 4.78 is 10.8. The van der Waals surface area contributed by atoms with Crippen LogP contribution in [0.5, 0.6) is 0 Å². The first-order valence-electron chi connectivity index (χ1n) is 13.7. The molecule has 208 valence electrons. The molecule has 1 aliphatic carbocycles. The summed E-state index contributed by atoms with van der Waals surface area (Å²) in [5.41, 5.74) is 0.453. The quantitative estimate of drug-likeness (QED) is 0.384. The van der Waals surface area contributed by atoms with Gasteiger partial charge in [0.1, 0.15) is 18.9 Å². The van der Waals surface area contributed by atoms with Crippen LogP contribution in [-0.2, 0) is 30.5 Å². The number of carbonyl (C=O) groups is 4. The molecule has 1 aromatic rings. The predicted molar refractivity (Wildman–Crippen MR) is 141 cm³/mol. The molecule has 2 heterocycles. The first-order chi connectivity index (χ1) is 18.4. The summed E-state index contributed by atoms with van der Waals surface area (Å²) in [5, 5.41) is 9.14. The number of carbonyl (C=O) groups excluding carboxylic acids is 4. The predicted octanol–water partition coefficient (Wildman–Crippen LogP) is 3.66. The molecule has 3 atom stereocenters. The summed E-state index contributed by atoms with van der Waals surface area (Å²) in [4.78, 5) is 50.6. The van der Waals surface area contributed by atoms with Gasteiger partial charge in [-0.25, -0.2) is 4.79 Å². The standard InChI is InChI=1S/C28H38ClN3O6/c29-22-8-4-7-20(13-22)18-38-27(36)31-24(14-19-5-2-1-3-6-19)26(35)30-23(17-33)15-21-16-28(32-25(21)34)9-11-37-12-10-28/h4,7-8,13,17,19,21,23-24H,1-3,5-6,9-12,14-16,18H2,(H,30,35)(H,31,36)(H,32,34)/t21?,23-,24-/m0/s1. The second kappa shape index (κ2) is 13.4. The van der Waals surface area contributed by atoms with Gasteiger partial charge in [-0.1, -0.05) is 55.8 Å². The Hall–Kier alpha value is -2.65. The summed E-state index contributed by atoms with van der Waals surface area (Å²) in [7, 11) is 0. The maximum Gasteiger partial charge on any atom is 0.408 e. The van der Waals surface area contributed by atoms with E-state index in [-0.39, 0.29) is 30.4 Å². The van der Waals surface area contributed by atoms with Crippen molar-refractivity contribution in [2.75, 3.05) is 13.2 Å². The molecular weight excluding hydrogens is 510 g/mol. The molecular formula is C28H38ClN3O6. The van der Waals surface area contributed by atoms with Crippen molar-refractivity contribution in [1.82, 2.24) is 16.0 Å². The van der Waals surface area contributed by atoms with E-state index in [9.17, 15) is 19.2 Å². The lowest BCUT2D eigenvalue weighted by Crippen LogP contribution is -2.51. The number of halogens is 1. The molecule has 1 unspecified atom stereocenters. The Balaban J connectivity index is 1.35. The zero-order chi connectivity index (χ0) is 27.0. The number of hydrogen-bond donors (Lipinski definition) is 3. The van der Waals surface area contributed by atoms with Gasteiger partial charge in [0.25, 0.3) is 0 Å². The third-order valence-corrected chi connectivity index (χ3v) is 8.27. The highest BCUT2D eigenvalue weighted by Crippen LogP contribution is 2.35. The molecule has 1 saturated carbocycles. The Bertz CT molecular complexity index is 993. The number of benzene rings is 1. The molecule has 1 spiro atoms. The summed E-state index contributed by atoms with van der Waals surface area (Å²) in [5.74, 6) is -0.589. The van der Waals surface area contributed by atoms with Crippen LogP contribution in [-0.4, -0.2) is 55.0 Å². The van der Waals surface area contributed by atoms with Crippen molar-refractivity contribution in [1.29, 1.82) is 0 Å². The van der Waals surface area contributed by atoms with Gasteiger partial charge in [0.05, 0.1) is 6.04 Å². The first-order valence-corrected chi connectivity index (χ1v) is 14.1. The molecule has 4 rings (SSSR count). The first kappa shape index (κ1) is 28.4. The lowest BCUT2D eigenvalue weighted by molar-refractivity contribution is -0.127. The van der Waals surface area contributed by atoms with Crippen molar-refractivity contribution in [2.45, 2.75) is 88.4 Å². The Labute approximate surface area is 228 Å². The fraction of sp³-hybridized carbons (Fsp3) is 0.643. The molecule has 10 heteroatoms. The van der Waals surface area contributed by atoms with E-state index in [2.05, 4.69) is 16.0 Å². The highest BCUT2D eigenvalue weighted by molar-refractivity contribution is 6.30. The largest absolute Gasteiger partial charge is 0.445 e. The average molecular weight is 548 g/mol. The Kier molecular flexibility index (Phi) is 10.0. The summed E-state index contributed by atoms with van der Waals surface area (Å²) in [6, 6.07) is 5.34. The maximum atomic E-state index is 13.3. The van der Waals surface area contributed by atoms with E-state index in [4.69, 9.17) is 21.1 Å². The van der Waals surface area contributed by atoms with Crippen LogP contribution < -0.4 is 16.0 Å². The Morgan fingerprint density at radius 3 is 2.63 bits per heavy atom. The molecule has 0 aromatic heterocycles. The molecule has 3 amide bonds. The van der Waals surface area contributed by atoms with Gasteiger partial charge in [0.2, 0.25) is 11.8 Å². The number of hydrogen-bond acceptors (Lipinski definition) is 6. The van der Waals surface area contributed by atoms with Crippen molar-refractivity contribution in [3.63, 3.8) is 0 Å². The van der Waals surface area contributed by atoms with E-state index in [1.165, 1.54) is 6.42 Å². The number of amides is 3. The van der Waals surface area contributed by atoms with E-state index >= 15 is 0 Å². The highest BCUT2D eigenvalue weighted by Gasteiger charge is 2.45. The fourth-order valence-electron chi connectivity index (χ4n) is 5.95. The molecule has 3 N–H and O–H groups in total. The Morgan fingerprint density at radius 1 is 1.16 bits per heavy atom. The summed E-state index contributed by atoms with van der Waals surface area (Å²) in [6.45, 7) is 1.22. The average Bonchev–Trinajstić information content (AvgIpc) is 3.21. The van der Waals surface area contributed by atoms with Crippen molar-refractivity contribution < 1.29 is 28.7 Å². The zero-order valence-electron chi connectivity index (χ0n) is 21.7. The van der Waals surface area contributed by atoms with Gasteiger partial charge in [-0.05, 0) is 55.7 Å². The van der Waals surface area contributed by atoms with Crippen LogP contribution in [0, 0.1) is 11.8 Å². The minimum atomic E-state index is -0.841. The van der Waals surface area contributed by atoms with Gasteiger partial charge in [0, 0.05) is 29.7 Å². The van der Waals surface area contributed by atoms with Crippen molar-refractivity contribution >= 4 is 35.8 Å². The number of nitrogens with one attached hydrogen (secondary N) is 3. The number of aldehydes is 1. The molecule has 2 saturated heterocycles. The van der Waals surface area contributed by atoms with Gasteiger partial charge in [0.15, 0.2) is 0 Å². The number of ether oxygens (including phenoxy) is 2. The third-order valence-electron chi connectivity index (χ3n) is 8.04. The van der Waals surface area contributed by atoms with Crippen LogP contribution >= 0.6 is 11.6 Å². The van der Waals surface area contributed by atoms with E-state index in [1.54, 1.807) is 24.3 Å². The van der Waals surface area contributed by atoms with Gasteiger partial charge in [-0.2, -0.15) is 0 Å². The van der Waals surface area contributed by atoms with Crippen LogP contribution in [0.4, 0.5) is 4.79 Å². The highest BCUT2D eigenvalue weighted by atomic mass is 35.5. The molecule has 38 heavy (non-hydrogen) atoms. The molecule has 3 aliphatic rings. The van der Waals surface area contributed by atoms with Crippen LogP contribution in [0.15, 0.2) is 24.3 Å². The molecule has 1 aromatic carbocycles. The van der Waals surface area contributed by atoms with E-state index < -0.39 is 24.1 Å². The van der Waals surface area contributed by atoms with E-state index in [1.807, 2.05) is 0 Å². The Morgan fingerprint density at radius 2 is 1.92 bits per heavy atom. The van der Waals surface area contributed by atoms with Gasteiger partial charge in [-0.3, -0.25) is 9.59 Å². The van der Waals surface area contributed by atoms with E-state index in [0.29, 0.717) is 43.3 Å². The van der Waals surface area contributed by atoms with Crippen molar-refractivity contribution in [2.24, 2.45) is 11.8 Å². The molecule has 9 nitrogen and oxygen atoms in total. The normalized spacial score (nSPS) is 22.8. The minimum Gasteiger partial charge on any atom is -0.445 e. The monoisotopic (exact) mass is 547 g/mol. The molecule has 0 radical (unpaired) electrons. The zero-order valence-corrected chi connectivity index (χ0v) is 22.5. The SMILES string of the molecule is O=C[C@H](CC1CC2(CCOCC2)NC1=O)NC(=O)[C@H](CC1CCCCC1)NC(=O)OCc1cccc(Cl)c1. The van der Waals surface area contributed by atoms with Crippen LogP contribution in [0.1, 0.15) is 69.8 Å². The molecule has 2 aliphatic heterocycles. The second-order valence-corrected chi connectivity index (χ2v) is 11.3. The van der Waals surface area contributed by atoms with Gasteiger partial charge < -0.3 is 30.2 Å². The third kappa shape index (κ3) is 7.93. The smallest absolute Gasteiger partial charge is 0.408 e. The van der Waals surface area contributed by atoms with Crippen molar-refractivity contribution in [3.8, 4) is 0 Å². The lowest BCUT2D eigenvalue weighted by atomic mass is 9.83. The topological polar surface area (TPSA) is 123 Å². The van der Waals surface area contributed by atoms with Crippen LogP contribution in [0.25, 0.3) is 0 Å². The fourth-order valence-corrected chi connectivity index (χ4v) is 6.16. The minimum absolute atomic E-state index is 0.0186. The number of alkyl carbamates (subject to hydrolysis) is 1. The second-order valence-electron chi connectivity index (χ2n) is 10.9. The lowest BCUT2D eigenvalue weighted by Gasteiger charge is -2.33. The summed E-state index contributed by atoms with van der Waals surface area (Å²) >= 11 is 6.00. The maximum absolute atomic E-state index is 13.3. The van der Waals surface area contributed by atoms with Crippen LogP contribution in [0.2, 0.25) is 5.02 Å². The molecule has 0 bridgehead atoms. The van der Waals surface area contributed by atoms with Crippen molar-refractivity contribution in [3.05, 3.63) is 34.9 Å². The van der Waals surface area contributed by atoms with Gasteiger partial charge >= 0.3 is 6.09 Å². The van der Waals surface area contributed by atoms with Gasteiger partial charge in [-0.15, -0.1) is 0 Å². The van der Waals surface area contributed by atoms with E-state index in [0.717, 1.165) is 44.1 Å². The summed E-state index contributed by atoms with van der Waals surface area (Å²) in [6.07, 6.45) is 8.13. The molecule has 3 fully saturated rings. The number of rotatable bonds is 10. The van der Waals surface area contributed by atoms with Crippen LogP contribution in [0.3, 0.4) is 0 Å².